The zero-order valence-electron chi connectivity index (χ0n) is 34.0. The zero-order chi connectivity index (χ0) is 39.9. The van der Waals surface area contributed by atoms with Crippen molar-refractivity contribution in [2.75, 3.05) is 0 Å². The Kier molecular flexibility index (Phi) is 41.8. The number of unbranched alkanes of at least 4 members (excludes halogenated alkanes) is 6. The number of phosphoric acid groups is 3. The van der Waals surface area contributed by atoms with Crippen LogP contribution in [0.5, 0.6) is 0 Å². The molecule has 0 aliphatic heterocycles. The van der Waals surface area contributed by atoms with E-state index in [0.717, 1.165) is 116 Å². The fourth-order valence-corrected chi connectivity index (χ4v) is 8.02. The van der Waals surface area contributed by atoms with E-state index in [9.17, 15) is 43.1 Å². The third-order valence-electron chi connectivity index (χ3n) is 9.26. The van der Waals surface area contributed by atoms with E-state index in [-0.39, 0.29) is 38.8 Å². The summed E-state index contributed by atoms with van der Waals surface area (Å²) in [5.74, 6) is 0.535. The fourth-order valence-electron chi connectivity index (χ4n) is 6.19. The summed E-state index contributed by atoms with van der Waals surface area (Å²) in [4.78, 5) is 64.5. The predicted molar refractivity (Wildman–Crippen MR) is 196 cm³/mol. The molecule has 52 heavy (non-hydrogen) atoms. The molecule has 0 fully saturated rings. The Labute approximate surface area is 333 Å². The van der Waals surface area contributed by atoms with Crippen LogP contribution < -0.4 is 29.4 Å². The maximum atomic E-state index is 10.7. The van der Waals surface area contributed by atoms with E-state index < -0.39 is 41.8 Å². The van der Waals surface area contributed by atoms with Crippen molar-refractivity contribution < 1.29 is 77.7 Å². The summed E-state index contributed by atoms with van der Waals surface area (Å²) >= 11 is 0. The van der Waals surface area contributed by atoms with Gasteiger partial charge in [0.15, 0.2) is 0 Å². The molecule has 6 atom stereocenters. The molecule has 0 amide bonds. The molecular formula is C36H75MoO12P3. The minimum atomic E-state index is -4.86. The van der Waals surface area contributed by atoms with Crippen molar-refractivity contribution >= 4 is 23.5 Å². The van der Waals surface area contributed by atoms with Crippen LogP contribution in [0, 0.1) is 17.8 Å². The molecule has 0 spiro atoms. The minimum Gasteiger partial charge on any atom is -0.790 e. The van der Waals surface area contributed by atoms with Crippen LogP contribution in [0.4, 0.5) is 0 Å². The van der Waals surface area contributed by atoms with Crippen LogP contribution in [0.3, 0.4) is 0 Å². The van der Waals surface area contributed by atoms with Gasteiger partial charge in [0.05, 0.1) is 41.8 Å². The molecule has 0 rings (SSSR count). The third-order valence-corrected chi connectivity index (χ3v) is 10.8. The van der Waals surface area contributed by atoms with Crippen molar-refractivity contribution in [2.45, 2.75) is 215 Å². The van der Waals surface area contributed by atoms with Gasteiger partial charge in [-0.05, 0) is 56.3 Å². The first kappa shape index (κ1) is 59.7. The summed E-state index contributed by atoms with van der Waals surface area (Å²) in [7, 11) is -14.6. The molecular weight excluding hydrogens is 813 g/mol. The second-order valence-electron chi connectivity index (χ2n) is 13.6. The Balaban J connectivity index is -0.000000329. The SMILES string of the molecule is CCCCC(CC)C(CCCC)OP(=O)([O-])[O-].CCCCC(CC)C(CCCC)OP(=O)([O-])[O-].CCCCC(CC)C(CCCC)OP(=O)([O-])[O-].[Mo+6]. The van der Waals surface area contributed by atoms with Gasteiger partial charge >= 0.3 is 21.1 Å². The third kappa shape index (κ3) is 37.9. The van der Waals surface area contributed by atoms with Crippen LogP contribution in [-0.2, 0) is 48.3 Å². The van der Waals surface area contributed by atoms with E-state index in [1.165, 1.54) is 0 Å². The Morgan fingerprint density at radius 1 is 0.365 bits per heavy atom. The first-order valence-electron chi connectivity index (χ1n) is 19.9. The standard InChI is InChI=1S/3C12H27O4P.Mo/c3*1-4-7-9-11(6-3)12(10-8-5-2)16-17(13,14)15;/h3*11-12H,4-10H2,1-3H3,(H2,13,14,15);/q;;;+6/p-6. The van der Waals surface area contributed by atoms with E-state index in [2.05, 4.69) is 20.8 Å². The maximum absolute atomic E-state index is 10.7. The fraction of sp³-hybridized carbons (Fsp3) is 1.00. The van der Waals surface area contributed by atoms with Gasteiger partial charge in [-0.1, -0.05) is 159 Å². The van der Waals surface area contributed by atoms with Gasteiger partial charge in [-0.2, -0.15) is 0 Å². The van der Waals surface area contributed by atoms with Crippen LogP contribution >= 0.6 is 23.5 Å². The average Bonchev–Trinajstić information content (AvgIpc) is 3.04. The van der Waals surface area contributed by atoms with Gasteiger partial charge in [-0.3, -0.25) is 0 Å². The van der Waals surface area contributed by atoms with E-state index in [0.29, 0.717) is 19.3 Å². The normalized spacial score (nSPS) is 15.5. The second kappa shape index (κ2) is 36.4. The molecule has 0 saturated heterocycles. The van der Waals surface area contributed by atoms with Crippen molar-refractivity contribution in [1.29, 1.82) is 0 Å². The van der Waals surface area contributed by atoms with E-state index in [1.807, 2.05) is 41.5 Å². The Morgan fingerprint density at radius 2 is 0.538 bits per heavy atom. The summed E-state index contributed by atoms with van der Waals surface area (Å²) in [6.07, 6.45) is 18.1. The molecule has 0 aromatic rings. The summed E-state index contributed by atoms with van der Waals surface area (Å²) < 4.78 is 46.5. The van der Waals surface area contributed by atoms with Gasteiger partial charge in [0.1, 0.15) is 0 Å². The van der Waals surface area contributed by atoms with E-state index in [4.69, 9.17) is 13.6 Å². The van der Waals surface area contributed by atoms with E-state index >= 15 is 0 Å². The second-order valence-corrected chi connectivity index (χ2v) is 16.9. The molecule has 312 valence electrons. The molecule has 12 nitrogen and oxygen atoms in total. The zero-order valence-corrected chi connectivity index (χ0v) is 38.7. The monoisotopic (exact) mass is 890 g/mol. The van der Waals surface area contributed by atoms with Crippen molar-refractivity contribution in [2.24, 2.45) is 17.8 Å². The van der Waals surface area contributed by atoms with Gasteiger partial charge < -0.3 is 56.6 Å². The van der Waals surface area contributed by atoms with Crippen molar-refractivity contribution in [1.82, 2.24) is 0 Å². The largest absolute Gasteiger partial charge is 6.00 e. The number of phosphoric ester groups is 3. The number of hydrogen-bond acceptors (Lipinski definition) is 12. The molecule has 0 N–H and O–H groups in total. The Hall–Kier alpha value is 1.02. The molecule has 0 aromatic heterocycles. The molecule has 0 aromatic carbocycles. The van der Waals surface area contributed by atoms with Crippen LogP contribution in [0.25, 0.3) is 0 Å². The first-order chi connectivity index (χ1) is 23.8. The van der Waals surface area contributed by atoms with Crippen LogP contribution in [-0.4, -0.2) is 18.3 Å². The Morgan fingerprint density at radius 3 is 0.673 bits per heavy atom. The van der Waals surface area contributed by atoms with Gasteiger partial charge in [0, 0.05) is 0 Å². The molecule has 6 unspecified atom stereocenters. The summed E-state index contributed by atoms with van der Waals surface area (Å²) in [5.41, 5.74) is 0. The van der Waals surface area contributed by atoms with Crippen LogP contribution in [0.2, 0.25) is 0 Å². The van der Waals surface area contributed by atoms with Crippen LogP contribution in [0.1, 0.15) is 197 Å². The average molecular weight is 889 g/mol. The van der Waals surface area contributed by atoms with Crippen molar-refractivity contribution in [3.05, 3.63) is 0 Å². The minimum absolute atomic E-state index is 0. The first-order valence-corrected chi connectivity index (χ1v) is 24.3. The van der Waals surface area contributed by atoms with E-state index in [1.54, 1.807) is 0 Å². The van der Waals surface area contributed by atoms with Crippen molar-refractivity contribution in [3.63, 3.8) is 0 Å². The van der Waals surface area contributed by atoms with Crippen molar-refractivity contribution in [3.8, 4) is 0 Å². The number of rotatable bonds is 30. The molecule has 0 aliphatic carbocycles. The quantitative estimate of drug-likeness (QED) is 0.0498. The molecule has 0 bridgehead atoms. The number of hydrogen-bond donors (Lipinski definition) is 0. The molecule has 0 saturated carbocycles. The topological polar surface area (TPSA) is 217 Å². The molecule has 0 aliphatic rings. The summed E-state index contributed by atoms with van der Waals surface area (Å²) in [6.45, 7) is 18.5. The molecule has 0 radical (unpaired) electrons. The van der Waals surface area contributed by atoms with Gasteiger partial charge in [0.25, 0.3) is 0 Å². The summed E-state index contributed by atoms with van der Waals surface area (Å²) in [5, 5.41) is 0. The van der Waals surface area contributed by atoms with Gasteiger partial charge in [-0.15, -0.1) is 0 Å². The smallest absolute Gasteiger partial charge is 0.790 e. The van der Waals surface area contributed by atoms with Gasteiger partial charge in [0.2, 0.25) is 0 Å². The van der Waals surface area contributed by atoms with Gasteiger partial charge in [-0.25, -0.2) is 0 Å². The molecule has 16 heteroatoms. The Bertz CT molecular complexity index is 801. The summed E-state index contributed by atoms with van der Waals surface area (Å²) in [6, 6.07) is 0. The van der Waals surface area contributed by atoms with Crippen LogP contribution in [0.15, 0.2) is 0 Å². The maximum Gasteiger partial charge on any atom is 6.00 e. The predicted octanol–water partition coefficient (Wildman–Crippen LogP) is 7.82. The molecule has 0 heterocycles.